The number of hydrogen-bond acceptors (Lipinski definition) is 2. The van der Waals surface area contributed by atoms with Gasteiger partial charge in [0.15, 0.2) is 18.9 Å². The number of nitrogens with zero attached hydrogens (tertiary/aromatic N) is 2. The minimum atomic E-state index is 0.722. The Balaban J connectivity index is 1.84. The summed E-state index contributed by atoms with van der Waals surface area (Å²) in [6.07, 6.45) is 5.80. The second-order valence-electron chi connectivity index (χ2n) is 3.50. The van der Waals surface area contributed by atoms with Gasteiger partial charge in [0.05, 0.1) is 11.9 Å². The number of benzene rings is 1. The van der Waals surface area contributed by atoms with Gasteiger partial charge in [-0.25, -0.2) is 0 Å². The lowest BCUT2D eigenvalue weighted by molar-refractivity contribution is -0.681. The van der Waals surface area contributed by atoms with Crippen LogP contribution in [-0.4, -0.2) is 6.21 Å². The standard InChI is InChI=1S/C13H13ClN3/c14-12-4-6-13(7-5-12)16-15-8-11-17-9-2-1-3-10-17/h1-10,16H,11H2/q+1/b15-8+. The van der Waals surface area contributed by atoms with E-state index in [1.165, 1.54) is 0 Å². The molecule has 0 aliphatic carbocycles. The lowest BCUT2D eigenvalue weighted by Gasteiger charge is -1.98. The molecule has 0 aliphatic heterocycles. The second kappa shape index (κ2) is 6.01. The van der Waals surface area contributed by atoms with Crippen molar-refractivity contribution in [1.29, 1.82) is 0 Å². The number of anilines is 1. The predicted molar refractivity (Wildman–Crippen MR) is 70.2 cm³/mol. The van der Waals surface area contributed by atoms with Crippen molar-refractivity contribution in [1.82, 2.24) is 0 Å². The highest BCUT2D eigenvalue weighted by Gasteiger charge is 1.93. The zero-order valence-electron chi connectivity index (χ0n) is 9.25. The molecular weight excluding hydrogens is 234 g/mol. The van der Waals surface area contributed by atoms with Gasteiger partial charge in [-0.2, -0.15) is 9.67 Å². The van der Waals surface area contributed by atoms with E-state index < -0.39 is 0 Å². The predicted octanol–water partition coefficient (Wildman–Crippen LogP) is 2.73. The van der Waals surface area contributed by atoms with E-state index in [-0.39, 0.29) is 0 Å². The van der Waals surface area contributed by atoms with Crippen LogP contribution in [0.1, 0.15) is 0 Å². The quantitative estimate of drug-likeness (QED) is 0.502. The molecule has 3 nitrogen and oxygen atoms in total. The normalized spacial score (nSPS) is 10.6. The first-order valence-electron chi connectivity index (χ1n) is 5.32. The molecule has 0 radical (unpaired) electrons. The van der Waals surface area contributed by atoms with E-state index in [0.717, 1.165) is 17.3 Å². The topological polar surface area (TPSA) is 28.3 Å². The van der Waals surface area contributed by atoms with Gasteiger partial charge in [-0.1, -0.05) is 17.7 Å². The van der Waals surface area contributed by atoms with Crippen molar-refractivity contribution in [3.05, 3.63) is 59.9 Å². The van der Waals surface area contributed by atoms with E-state index in [1.807, 2.05) is 65.6 Å². The van der Waals surface area contributed by atoms with Crippen LogP contribution in [0.2, 0.25) is 5.02 Å². The fourth-order valence-electron chi connectivity index (χ4n) is 1.34. The Labute approximate surface area is 105 Å². The van der Waals surface area contributed by atoms with Crippen LogP contribution in [0.5, 0.6) is 0 Å². The molecule has 0 saturated carbocycles. The van der Waals surface area contributed by atoms with Crippen molar-refractivity contribution in [2.45, 2.75) is 6.54 Å². The van der Waals surface area contributed by atoms with Crippen LogP contribution in [0.15, 0.2) is 60.0 Å². The van der Waals surface area contributed by atoms with E-state index in [4.69, 9.17) is 11.6 Å². The smallest absolute Gasteiger partial charge is 0.185 e. The number of halogens is 1. The summed E-state index contributed by atoms with van der Waals surface area (Å²) >= 11 is 5.78. The molecule has 1 N–H and O–H groups in total. The van der Waals surface area contributed by atoms with Crippen LogP contribution in [0, 0.1) is 0 Å². The van der Waals surface area contributed by atoms with Crippen LogP contribution < -0.4 is 9.99 Å². The maximum absolute atomic E-state index is 5.78. The van der Waals surface area contributed by atoms with E-state index in [2.05, 4.69) is 10.5 Å². The first-order chi connectivity index (χ1) is 8.34. The highest BCUT2D eigenvalue weighted by molar-refractivity contribution is 6.30. The Morgan fingerprint density at radius 3 is 2.53 bits per heavy atom. The molecule has 2 rings (SSSR count). The summed E-state index contributed by atoms with van der Waals surface area (Å²) in [5, 5.41) is 4.85. The number of hydrogen-bond donors (Lipinski definition) is 1. The van der Waals surface area contributed by atoms with Gasteiger partial charge >= 0.3 is 0 Å². The fourth-order valence-corrected chi connectivity index (χ4v) is 1.46. The van der Waals surface area contributed by atoms with E-state index in [0.29, 0.717) is 0 Å². The molecular formula is C13H13ClN3+. The molecule has 86 valence electrons. The minimum Gasteiger partial charge on any atom is -0.279 e. The van der Waals surface area contributed by atoms with Crippen molar-refractivity contribution >= 4 is 23.5 Å². The number of pyridine rings is 1. The summed E-state index contributed by atoms with van der Waals surface area (Å²) in [5.41, 5.74) is 3.86. The van der Waals surface area contributed by atoms with Crippen LogP contribution in [0.25, 0.3) is 0 Å². The summed E-state index contributed by atoms with van der Waals surface area (Å²) in [4.78, 5) is 0. The van der Waals surface area contributed by atoms with Crippen LogP contribution in [0.4, 0.5) is 5.69 Å². The van der Waals surface area contributed by atoms with Gasteiger partial charge in [-0.3, -0.25) is 5.43 Å². The summed E-state index contributed by atoms with van der Waals surface area (Å²) in [5.74, 6) is 0. The van der Waals surface area contributed by atoms with Crippen molar-refractivity contribution in [3.8, 4) is 0 Å². The monoisotopic (exact) mass is 246 g/mol. The lowest BCUT2D eigenvalue weighted by atomic mass is 10.3. The summed E-state index contributed by atoms with van der Waals surface area (Å²) < 4.78 is 2.03. The van der Waals surface area contributed by atoms with E-state index in [1.54, 1.807) is 0 Å². The molecule has 0 unspecified atom stereocenters. The average molecular weight is 247 g/mol. The Morgan fingerprint density at radius 2 is 1.82 bits per heavy atom. The van der Waals surface area contributed by atoms with Gasteiger partial charge in [0.2, 0.25) is 0 Å². The summed E-state index contributed by atoms with van der Waals surface area (Å²) in [6.45, 7) is 0.738. The zero-order valence-corrected chi connectivity index (χ0v) is 10.0. The van der Waals surface area contributed by atoms with E-state index in [9.17, 15) is 0 Å². The largest absolute Gasteiger partial charge is 0.279 e. The molecule has 0 spiro atoms. The Kier molecular flexibility index (Phi) is 4.11. The zero-order chi connectivity index (χ0) is 11.9. The summed E-state index contributed by atoms with van der Waals surface area (Å²) in [7, 11) is 0. The molecule has 17 heavy (non-hydrogen) atoms. The van der Waals surface area contributed by atoms with Crippen LogP contribution >= 0.6 is 11.6 Å². The minimum absolute atomic E-state index is 0.722. The van der Waals surface area contributed by atoms with Gasteiger partial charge in [0, 0.05) is 17.2 Å². The van der Waals surface area contributed by atoms with Gasteiger partial charge in [0.25, 0.3) is 0 Å². The first kappa shape index (κ1) is 11.6. The first-order valence-corrected chi connectivity index (χ1v) is 5.69. The van der Waals surface area contributed by atoms with Gasteiger partial charge in [-0.05, 0) is 24.3 Å². The molecule has 0 aliphatic rings. The van der Waals surface area contributed by atoms with Crippen molar-refractivity contribution < 1.29 is 4.57 Å². The number of nitrogens with one attached hydrogen (secondary N) is 1. The van der Waals surface area contributed by atoms with Crippen molar-refractivity contribution in [2.24, 2.45) is 5.10 Å². The molecule has 0 saturated heterocycles. The van der Waals surface area contributed by atoms with Gasteiger partial charge in [-0.15, -0.1) is 0 Å². The molecule has 4 heteroatoms. The molecule has 0 atom stereocenters. The maximum atomic E-state index is 5.78. The Hall–Kier alpha value is -1.87. The third kappa shape index (κ3) is 3.89. The van der Waals surface area contributed by atoms with Crippen molar-refractivity contribution in [2.75, 3.05) is 5.43 Å². The second-order valence-corrected chi connectivity index (χ2v) is 3.94. The van der Waals surface area contributed by atoms with Gasteiger partial charge in [0.1, 0.15) is 0 Å². The highest BCUT2D eigenvalue weighted by atomic mass is 35.5. The maximum Gasteiger partial charge on any atom is 0.185 e. The number of hydrazone groups is 1. The molecule has 0 amide bonds. The van der Waals surface area contributed by atoms with E-state index >= 15 is 0 Å². The molecule has 1 aromatic carbocycles. The molecule has 2 aromatic rings. The highest BCUT2D eigenvalue weighted by Crippen LogP contribution is 2.12. The Bertz CT molecular complexity index is 480. The Morgan fingerprint density at radius 1 is 1.12 bits per heavy atom. The van der Waals surface area contributed by atoms with Gasteiger partial charge < -0.3 is 0 Å². The third-order valence-corrected chi connectivity index (χ3v) is 2.45. The fraction of sp³-hybridized carbons (Fsp3) is 0.0769. The molecule has 0 bridgehead atoms. The average Bonchev–Trinajstić information content (AvgIpc) is 2.38. The molecule has 0 fully saturated rings. The van der Waals surface area contributed by atoms with Crippen LogP contribution in [0.3, 0.4) is 0 Å². The van der Waals surface area contributed by atoms with Crippen LogP contribution in [-0.2, 0) is 6.54 Å². The summed E-state index contributed by atoms with van der Waals surface area (Å²) in [6, 6.07) is 13.4. The molecule has 1 heterocycles. The lowest BCUT2D eigenvalue weighted by Crippen LogP contribution is -2.33. The molecule has 1 aromatic heterocycles. The number of aromatic nitrogens is 1. The SMILES string of the molecule is Clc1ccc(N/N=C/C[n+]2ccccc2)cc1. The number of rotatable bonds is 4. The third-order valence-electron chi connectivity index (χ3n) is 2.20. The van der Waals surface area contributed by atoms with Crippen molar-refractivity contribution in [3.63, 3.8) is 0 Å².